The van der Waals surface area contributed by atoms with E-state index in [9.17, 15) is 4.79 Å². The van der Waals surface area contributed by atoms with Crippen LogP contribution in [0.15, 0.2) is 34.7 Å². The number of carboxylic acids is 1. The van der Waals surface area contributed by atoms with Crippen molar-refractivity contribution in [1.82, 2.24) is 4.90 Å². The molecule has 0 aliphatic carbocycles. The van der Waals surface area contributed by atoms with Gasteiger partial charge in [-0.15, -0.1) is 0 Å². The number of para-hydroxylation sites is 1. The van der Waals surface area contributed by atoms with Crippen molar-refractivity contribution in [1.29, 1.82) is 0 Å². The number of aliphatic carboxylic acids is 1. The van der Waals surface area contributed by atoms with Crippen LogP contribution >= 0.6 is 0 Å². The highest BCUT2D eigenvalue weighted by Gasteiger charge is 2.25. The van der Waals surface area contributed by atoms with Crippen LogP contribution in [0.5, 0.6) is 0 Å². The van der Waals surface area contributed by atoms with Gasteiger partial charge in [0.05, 0.1) is 12.5 Å². The lowest BCUT2D eigenvalue weighted by Gasteiger charge is -2.29. The van der Waals surface area contributed by atoms with Crippen molar-refractivity contribution >= 4 is 16.9 Å². The summed E-state index contributed by atoms with van der Waals surface area (Å²) in [5.41, 5.74) is 0.893. The lowest BCUT2D eigenvalue weighted by Crippen LogP contribution is -2.38. The van der Waals surface area contributed by atoms with E-state index in [0.29, 0.717) is 13.1 Å². The number of rotatable bonds is 3. The summed E-state index contributed by atoms with van der Waals surface area (Å²) < 4.78 is 5.78. The average molecular weight is 259 g/mol. The number of hydrogen-bond donors (Lipinski definition) is 1. The summed E-state index contributed by atoms with van der Waals surface area (Å²) in [6, 6.07) is 9.97. The Bertz CT molecular complexity index is 557. The van der Waals surface area contributed by atoms with Gasteiger partial charge in [0.15, 0.2) is 0 Å². The summed E-state index contributed by atoms with van der Waals surface area (Å²) in [5, 5.41) is 10.2. The van der Waals surface area contributed by atoms with Crippen LogP contribution < -0.4 is 0 Å². The van der Waals surface area contributed by atoms with Gasteiger partial charge >= 0.3 is 5.97 Å². The van der Waals surface area contributed by atoms with Crippen LogP contribution in [0.4, 0.5) is 0 Å². The second-order valence-corrected chi connectivity index (χ2v) is 5.16. The zero-order chi connectivity index (χ0) is 13.2. The van der Waals surface area contributed by atoms with Crippen molar-refractivity contribution in [2.24, 2.45) is 5.92 Å². The number of carboxylic acid groups (broad SMARTS) is 1. The molecule has 1 aromatic heterocycles. The highest BCUT2D eigenvalue weighted by atomic mass is 16.4. The van der Waals surface area contributed by atoms with Crippen LogP contribution in [0.25, 0.3) is 11.0 Å². The average Bonchev–Trinajstić information content (AvgIpc) is 2.81. The van der Waals surface area contributed by atoms with E-state index in [1.807, 2.05) is 30.3 Å². The monoisotopic (exact) mass is 259 g/mol. The molecule has 4 nitrogen and oxygen atoms in total. The van der Waals surface area contributed by atoms with E-state index in [4.69, 9.17) is 9.52 Å². The number of nitrogens with zero attached hydrogens (tertiary/aromatic N) is 1. The topological polar surface area (TPSA) is 53.7 Å². The minimum atomic E-state index is -0.686. The van der Waals surface area contributed by atoms with Gasteiger partial charge in [-0.05, 0) is 31.5 Å². The third-order valence-corrected chi connectivity index (χ3v) is 3.71. The fourth-order valence-electron chi connectivity index (χ4n) is 2.74. The molecule has 100 valence electrons. The molecule has 2 aromatic rings. The Morgan fingerprint density at radius 1 is 1.42 bits per heavy atom. The van der Waals surface area contributed by atoms with Crippen molar-refractivity contribution < 1.29 is 14.3 Å². The Morgan fingerprint density at radius 2 is 2.26 bits per heavy atom. The first-order valence-corrected chi connectivity index (χ1v) is 6.65. The highest BCUT2D eigenvalue weighted by molar-refractivity contribution is 5.77. The van der Waals surface area contributed by atoms with Gasteiger partial charge in [0.2, 0.25) is 0 Å². The smallest absolute Gasteiger partial charge is 0.307 e. The minimum Gasteiger partial charge on any atom is -0.481 e. The second kappa shape index (κ2) is 5.05. The number of benzene rings is 1. The number of fused-ring (bicyclic) bond motifs is 1. The van der Waals surface area contributed by atoms with Gasteiger partial charge in [-0.25, -0.2) is 0 Å². The van der Waals surface area contributed by atoms with E-state index in [1.165, 1.54) is 0 Å². The molecule has 0 saturated carbocycles. The van der Waals surface area contributed by atoms with Crippen LogP contribution in [0.1, 0.15) is 18.6 Å². The van der Waals surface area contributed by atoms with E-state index in [-0.39, 0.29) is 5.92 Å². The number of likely N-dealkylation sites (tertiary alicyclic amines) is 1. The number of hydrogen-bond acceptors (Lipinski definition) is 3. The lowest BCUT2D eigenvalue weighted by molar-refractivity contribution is -0.143. The van der Waals surface area contributed by atoms with Crippen molar-refractivity contribution in [3.63, 3.8) is 0 Å². The van der Waals surface area contributed by atoms with Gasteiger partial charge in [0.25, 0.3) is 0 Å². The maximum atomic E-state index is 11.0. The van der Waals surface area contributed by atoms with Crippen LogP contribution in [-0.2, 0) is 11.3 Å². The molecular weight excluding hydrogens is 242 g/mol. The van der Waals surface area contributed by atoms with Gasteiger partial charge in [0.1, 0.15) is 11.3 Å². The SMILES string of the molecule is O=C(O)[C@H]1CCCN(Cc2cc3ccccc3o2)C1. The maximum Gasteiger partial charge on any atom is 0.307 e. The zero-order valence-corrected chi connectivity index (χ0v) is 10.7. The molecule has 0 radical (unpaired) electrons. The quantitative estimate of drug-likeness (QED) is 0.920. The first-order valence-electron chi connectivity index (χ1n) is 6.65. The molecule has 1 saturated heterocycles. The molecule has 0 bridgehead atoms. The van der Waals surface area contributed by atoms with Crippen LogP contribution in [0, 0.1) is 5.92 Å². The maximum absolute atomic E-state index is 11.0. The Morgan fingerprint density at radius 3 is 3.05 bits per heavy atom. The molecule has 1 fully saturated rings. The summed E-state index contributed by atoms with van der Waals surface area (Å²) in [7, 11) is 0. The first-order chi connectivity index (χ1) is 9.22. The van der Waals surface area contributed by atoms with Gasteiger partial charge in [-0.1, -0.05) is 18.2 Å². The molecule has 1 aliphatic rings. The molecule has 2 heterocycles. The standard InChI is InChI=1S/C15H17NO3/c17-15(18)12-5-3-7-16(9-12)10-13-8-11-4-1-2-6-14(11)19-13/h1-2,4,6,8,12H,3,5,7,9-10H2,(H,17,18)/t12-/m0/s1. The number of piperidine rings is 1. The number of carbonyl (C=O) groups is 1. The third kappa shape index (κ3) is 2.63. The van der Waals surface area contributed by atoms with Crippen LogP contribution in [0.3, 0.4) is 0 Å². The normalized spacial score (nSPS) is 20.7. The fourth-order valence-corrected chi connectivity index (χ4v) is 2.74. The van der Waals surface area contributed by atoms with Gasteiger partial charge in [-0.3, -0.25) is 9.69 Å². The predicted octanol–water partition coefficient (Wildman–Crippen LogP) is 2.73. The fraction of sp³-hybridized carbons (Fsp3) is 0.400. The lowest BCUT2D eigenvalue weighted by atomic mass is 9.98. The second-order valence-electron chi connectivity index (χ2n) is 5.16. The Balaban J connectivity index is 1.72. The molecular formula is C15H17NO3. The highest BCUT2D eigenvalue weighted by Crippen LogP contribution is 2.23. The Labute approximate surface area is 111 Å². The van der Waals surface area contributed by atoms with Gasteiger partial charge < -0.3 is 9.52 Å². The Hall–Kier alpha value is -1.81. The summed E-state index contributed by atoms with van der Waals surface area (Å²) >= 11 is 0. The van der Waals surface area contributed by atoms with E-state index in [1.54, 1.807) is 0 Å². The molecule has 1 N–H and O–H groups in total. The molecule has 0 amide bonds. The largest absolute Gasteiger partial charge is 0.481 e. The third-order valence-electron chi connectivity index (χ3n) is 3.71. The van der Waals surface area contributed by atoms with E-state index in [0.717, 1.165) is 36.1 Å². The van der Waals surface area contributed by atoms with Crippen molar-refractivity contribution in [3.05, 3.63) is 36.1 Å². The molecule has 19 heavy (non-hydrogen) atoms. The minimum absolute atomic E-state index is 0.238. The van der Waals surface area contributed by atoms with Gasteiger partial charge in [-0.2, -0.15) is 0 Å². The summed E-state index contributed by atoms with van der Waals surface area (Å²) in [4.78, 5) is 13.2. The van der Waals surface area contributed by atoms with Crippen LogP contribution in [-0.4, -0.2) is 29.1 Å². The van der Waals surface area contributed by atoms with Gasteiger partial charge in [0, 0.05) is 11.9 Å². The summed E-state index contributed by atoms with van der Waals surface area (Å²) in [5.74, 6) is -0.0142. The Kier molecular flexibility index (Phi) is 3.25. The van der Waals surface area contributed by atoms with Crippen molar-refractivity contribution in [2.45, 2.75) is 19.4 Å². The summed E-state index contributed by atoms with van der Waals surface area (Å²) in [6.07, 6.45) is 1.73. The molecule has 0 spiro atoms. The van der Waals surface area contributed by atoms with E-state index >= 15 is 0 Å². The zero-order valence-electron chi connectivity index (χ0n) is 10.7. The summed E-state index contributed by atoms with van der Waals surface area (Å²) in [6.45, 7) is 2.26. The van der Waals surface area contributed by atoms with Crippen molar-refractivity contribution in [2.75, 3.05) is 13.1 Å². The van der Waals surface area contributed by atoms with E-state index in [2.05, 4.69) is 4.90 Å². The molecule has 3 rings (SSSR count). The molecule has 1 aromatic carbocycles. The molecule has 0 unspecified atom stereocenters. The van der Waals surface area contributed by atoms with Crippen molar-refractivity contribution in [3.8, 4) is 0 Å². The first kappa shape index (κ1) is 12.2. The number of furan rings is 1. The molecule has 1 atom stereocenters. The van der Waals surface area contributed by atoms with Crippen LogP contribution in [0.2, 0.25) is 0 Å². The molecule has 1 aliphatic heterocycles. The molecule has 4 heteroatoms. The van der Waals surface area contributed by atoms with E-state index < -0.39 is 5.97 Å². The predicted molar refractivity (Wildman–Crippen MR) is 71.9 cm³/mol.